The summed E-state index contributed by atoms with van der Waals surface area (Å²) < 4.78 is 0. The zero-order chi connectivity index (χ0) is 10.7. The summed E-state index contributed by atoms with van der Waals surface area (Å²) in [5.41, 5.74) is 7.84. The maximum Gasteiger partial charge on any atom is 0.235 e. The van der Waals surface area contributed by atoms with Crippen molar-refractivity contribution in [2.45, 2.75) is 13.8 Å². The number of aromatic nitrogens is 1. The Morgan fingerprint density at radius 2 is 2.21 bits per heavy atom. The molecule has 74 valence electrons. The first-order valence-electron chi connectivity index (χ1n) is 4.06. The number of nitrogens with zero attached hydrogens (tertiary/aromatic N) is 2. The quantitative estimate of drug-likeness (QED) is 0.570. The number of rotatable bonds is 2. The van der Waals surface area contributed by atoms with Gasteiger partial charge in [-0.25, -0.2) is 4.98 Å². The molecule has 1 aromatic heterocycles. The summed E-state index contributed by atoms with van der Waals surface area (Å²) in [7, 11) is 0. The van der Waals surface area contributed by atoms with Crippen molar-refractivity contribution >= 4 is 11.9 Å². The molecular weight excluding hydrogens is 182 g/mol. The lowest BCUT2D eigenvalue weighted by Crippen LogP contribution is -1.97. The Morgan fingerprint density at radius 1 is 1.57 bits per heavy atom. The lowest BCUT2D eigenvalue weighted by Gasteiger charge is -2.04. The SMILES string of the molecule is Cc1cc(N)nc(C)c1/C=C/[N+](=O)[O-]. The van der Waals surface area contributed by atoms with E-state index in [2.05, 4.69) is 4.98 Å². The van der Waals surface area contributed by atoms with Gasteiger partial charge in [0.1, 0.15) is 5.82 Å². The van der Waals surface area contributed by atoms with Gasteiger partial charge < -0.3 is 5.73 Å². The summed E-state index contributed by atoms with van der Waals surface area (Å²) >= 11 is 0. The van der Waals surface area contributed by atoms with Crippen molar-refractivity contribution in [3.8, 4) is 0 Å². The maximum absolute atomic E-state index is 10.1. The Balaban J connectivity index is 3.15. The Morgan fingerprint density at radius 3 is 2.71 bits per heavy atom. The van der Waals surface area contributed by atoms with Gasteiger partial charge in [0.25, 0.3) is 0 Å². The minimum atomic E-state index is -0.505. The lowest BCUT2D eigenvalue weighted by atomic mass is 10.1. The standard InChI is InChI=1S/C9H11N3O2/c1-6-5-9(10)11-7(2)8(6)3-4-12(13)14/h3-5H,1-2H3,(H2,10,11)/b4-3+. The van der Waals surface area contributed by atoms with E-state index in [0.717, 1.165) is 17.3 Å². The van der Waals surface area contributed by atoms with E-state index in [1.165, 1.54) is 6.08 Å². The third-order valence-corrected chi connectivity index (χ3v) is 1.84. The molecule has 0 unspecified atom stereocenters. The lowest BCUT2D eigenvalue weighted by molar-refractivity contribution is -0.400. The molecule has 0 saturated heterocycles. The fraction of sp³-hybridized carbons (Fsp3) is 0.222. The molecule has 5 heteroatoms. The van der Waals surface area contributed by atoms with E-state index >= 15 is 0 Å². The van der Waals surface area contributed by atoms with E-state index in [-0.39, 0.29) is 0 Å². The van der Waals surface area contributed by atoms with E-state index in [1.807, 2.05) is 6.92 Å². The fourth-order valence-electron chi connectivity index (χ4n) is 1.26. The van der Waals surface area contributed by atoms with Gasteiger partial charge in [-0.05, 0) is 25.5 Å². The molecule has 1 heterocycles. The van der Waals surface area contributed by atoms with Gasteiger partial charge in [0.15, 0.2) is 0 Å². The number of anilines is 1. The van der Waals surface area contributed by atoms with Gasteiger partial charge in [-0.15, -0.1) is 0 Å². The van der Waals surface area contributed by atoms with Crippen LogP contribution in [0, 0.1) is 24.0 Å². The molecule has 0 bridgehead atoms. The first kappa shape index (κ1) is 10.2. The molecular formula is C9H11N3O2. The van der Waals surface area contributed by atoms with Crippen LogP contribution in [0.4, 0.5) is 5.82 Å². The molecule has 1 rings (SSSR count). The molecule has 0 amide bonds. The van der Waals surface area contributed by atoms with Gasteiger partial charge in [0.2, 0.25) is 6.20 Å². The third kappa shape index (κ3) is 2.29. The number of nitrogen functional groups attached to an aromatic ring is 1. The molecule has 1 aromatic rings. The number of aryl methyl sites for hydroxylation is 2. The van der Waals surface area contributed by atoms with Gasteiger partial charge >= 0.3 is 0 Å². The van der Waals surface area contributed by atoms with Crippen molar-refractivity contribution in [3.05, 3.63) is 39.2 Å². The Hall–Kier alpha value is -1.91. The van der Waals surface area contributed by atoms with Crippen LogP contribution in [0.1, 0.15) is 16.8 Å². The highest BCUT2D eigenvalue weighted by atomic mass is 16.6. The van der Waals surface area contributed by atoms with Crippen molar-refractivity contribution < 1.29 is 4.92 Å². The molecule has 0 saturated carbocycles. The van der Waals surface area contributed by atoms with Crippen molar-refractivity contribution in [2.75, 3.05) is 5.73 Å². The molecule has 0 aliphatic heterocycles. The van der Waals surface area contributed by atoms with Crippen LogP contribution in [0.5, 0.6) is 0 Å². The summed E-state index contributed by atoms with van der Waals surface area (Å²) in [5.74, 6) is 0.429. The highest BCUT2D eigenvalue weighted by Crippen LogP contribution is 2.15. The van der Waals surface area contributed by atoms with Gasteiger partial charge in [0, 0.05) is 17.3 Å². The molecule has 5 nitrogen and oxygen atoms in total. The van der Waals surface area contributed by atoms with E-state index < -0.39 is 4.92 Å². The molecule has 0 fully saturated rings. The Bertz CT molecular complexity index is 376. The molecule has 0 atom stereocenters. The molecule has 0 spiro atoms. The Labute approximate surface area is 81.4 Å². The molecule has 14 heavy (non-hydrogen) atoms. The molecule has 2 N–H and O–H groups in total. The molecule has 0 radical (unpaired) electrons. The highest BCUT2D eigenvalue weighted by molar-refractivity contribution is 5.57. The van der Waals surface area contributed by atoms with Crippen molar-refractivity contribution in [2.24, 2.45) is 0 Å². The molecule has 0 aliphatic carbocycles. The average Bonchev–Trinajstić information content (AvgIpc) is 2.01. The first-order valence-corrected chi connectivity index (χ1v) is 4.06. The minimum absolute atomic E-state index is 0.429. The van der Waals surface area contributed by atoms with E-state index in [4.69, 9.17) is 5.73 Å². The number of pyridine rings is 1. The fourth-order valence-corrected chi connectivity index (χ4v) is 1.26. The summed E-state index contributed by atoms with van der Waals surface area (Å²) in [5, 5.41) is 10.1. The van der Waals surface area contributed by atoms with Crippen LogP contribution in [-0.4, -0.2) is 9.91 Å². The van der Waals surface area contributed by atoms with Crippen LogP contribution in [0.25, 0.3) is 6.08 Å². The second kappa shape index (κ2) is 3.87. The normalized spacial score (nSPS) is 10.7. The summed E-state index contributed by atoms with van der Waals surface area (Å²) in [6.07, 6.45) is 2.32. The average molecular weight is 193 g/mol. The number of hydrogen-bond donors (Lipinski definition) is 1. The number of nitro groups is 1. The van der Waals surface area contributed by atoms with Crippen LogP contribution < -0.4 is 5.73 Å². The zero-order valence-electron chi connectivity index (χ0n) is 8.02. The van der Waals surface area contributed by atoms with Gasteiger partial charge in [-0.2, -0.15) is 0 Å². The van der Waals surface area contributed by atoms with E-state index in [0.29, 0.717) is 11.5 Å². The monoisotopic (exact) mass is 193 g/mol. The molecule has 0 aliphatic rings. The topological polar surface area (TPSA) is 82.0 Å². The highest BCUT2D eigenvalue weighted by Gasteiger charge is 2.03. The summed E-state index contributed by atoms with van der Waals surface area (Å²) in [4.78, 5) is 13.6. The zero-order valence-corrected chi connectivity index (χ0v) is 8.02. The predicted molar refractivity (Wildman–Crippen MR) is 54.2 cm³/mol. The van der Waals surface area contributed by atoms with Crippen molar-refractivity contribution in [1.82, 2.24) is 4.98 Å². The predicted octanol–water partition coefficient (Wildman–Crippen LogP) is 1.53. The second-order valence-electron chi connectivity index (χ2n) is 2.96. The maximum atomic E-state index is 10.1. The van der Waals surface area contributed by atoms with Gasteiger partial charge in [-0.3, -0.25) is 10.1 Å². The minimum Gasteiger partial charge on any atom is -0.384 e. The van der Waals surface area contributed by atoms with Gasteiger partial charge in [-0.1, -0.05) is 0 Å². The van der Waals surface area contributed by atoms with Crippen molar-refractivity contribution in [1.29, 1.82) is 0 Å². The van der Waals surface area contributed by atoms with E-state index in [9.17, 15) is 10.1 Å². The summed E-state index contributed by atoms with van der Waals surface area (Å²) in [6.45, 7) is 3.60. The van der Waals surface area contributed by atoms with Crippen molar-refractivity contribution in [3.63, 3.8) is 0 Å². The smallest absolute Gasteiger partial charge is 0.235 e. The molecule has 0 aromatic carbocycles. The first-order chi connectivity index (χ1) is 6.50. The van der Waals surface area contributed by atoms with Crippen LogP contribution in [0.2, 0.25) is 0 Å². The second-order valence-corrected chi connectivity index (χ2v) is 2.96. The van der Waals surface area contributed by atoms with E-state index in [1.54, 1.807) is 13.0 Å². The van der Waals surface area contributed by atoms with Crippen LogP contribution in [-0.2, 0) is 0 Å². The Kier molecular flexibility index (Phi) is 2.81. The van der Waals surface area contributed by atoms with Crippen LogP contribution >= 0.6 is 0 Å². The number of nitrogens with two attached hydrogens (primary N) is 1. The number of hydrogen-bond acceptors (Lipinski definition) is 4. The summed E-state index contributed by atoms with van der Waals surface area (Å²) in [6, 6.07) is 1.69. The van der Waals surface area contributed by atoms with Crippen LogP contribution in [0.3, 0.4) is 0 Å². The van der Waals surface area contributed by atoms with Crippen LogP contribution in [0.15, 0.2) is 12.3 Å². The van der Waals surface area contributed by atoms with Gasteiger partial charge in [0.05, 0.1) is 4.92 Å². The largest absolute Gasteiger partial charge is 0.384 e. The third-order valence-electron chi connectivity index (χ3n) is 1.84.